The highest BCUT2D eigenvalue weighted by Crippen LogP contribution is 2.34. The number of amides is 2. The molecule has 1 N–H and O–H groups in total. The van der Waals surface area contributed by atoms with Gasteiger partial charge >= 0.3 is 0 Å². The monoisotopic (exact) mass is 614 g/mol. The van der Waals surface area contributed by atoms with Crippen LogP contribution in [0.15, 0.2) is 77.0 Å². The van der Waals surface area contributed by atoms with Gasteiger partial charge in [-0.1, -0.05) is 41.6 Å². The average Bonchev–Trinajstić information content (AvgIpc) is 3.66. The average molecular weight is 615 g/mol. The third-order valence-corrected chi connectivity index (χ3v) is 8.36. The molecule has 228 valence electrons. The normalized spacial score (nSPS) is 14.2. The van der Waals surface area contributed by atoms with Gasteiger partial charge in [0.15, 0.2) is 22.5 Å². The molecular weight excluding hydrogens is 580 g/mol. The number of aryl methyl sites for hydroxylation is 1. The van der Waals surface area contributed by atoms with Gasteiger partial charge in [0.1, 0.15) is 5.75 Å². The molecule has 0 unspecified atom stereocenters. The first-order chi connectivity index (χ1) is 21.3. The number of nitrogens with one attached hydrogen (secondary N) is 1. The van der Waals surface area contributed by atoms with E-state index in [2.05, 4.69) is 15.5 Å². The molecule has 0 saturated carbocycles. The molecule has 44 heavy (non-hydrogen) atoms. The molecule has 0 radical (unpaired) electrons. The lowest BCUT2D eigenvalue weighted by Crippen LogP contribution is -2.28. The van der Waals surface area contributed by atoms with Gasteiger partial charge in [0, 0.05) is 19.0 Å². The lowest BCUT2D eigenvalue weighted by molar-refractivity contribution is -0.130. The van der Waals surface area contributed by atoms with Gasteiger partial charge in [-0.15, -0.1) is 10.2 Å². The van der Waals surface area contributed by atoms with Gasteiger partial charge in [0.25, 0.3) is 11.8 Å². The van der Waals surface area contributed by atoms with Gasteiger partial charge in [-0.25, -0.2) is 5.01 Å². The molecule has 3 aromatic carbocycles. The standard InChI is InChI=1S/C32H34N6O5S/c1-20-6-8-22(9-7-20)26-17-25(21-10-13-24(41-3)14-11-21)36-38(26)30(39)19-44-32-35-34-29(37(32)2)18-33-31(40)23-12-15-27(42-4)28(16-23)43-5/h6-16,26H,17-19H2,1-5H3,(H,33,40)/t26-/m1/s1. The Labute approximate surface area is 260 Å². The fourth-order valence-corrected chi connectivity index (χ4v) is 5.58. The topological polar surface area (TPSA) is 120 Å². The molecule has 2 amide bonds. The van der Waals surface area contributed by atoms with E-state index in [1.54, 1.807) is 41.9 Å². The van der Waals surface area contributed by atoms with Crippen LogP contribution in [0.4, 0.5) is 0 Å². The summed E-state index contributed by atoms with van der Waals surface area (Å²) in [6.07, 6.45) is 0.597. The second-order valence-corrected chi connectivity index (χ2v) is 11.1. The van der Waals surface area contributed by atoms with Crippen molar-refractivity contribution in [3.05, 3.63) is 94.8 Å². The molecule has 0 bridgehead atoms. The zero-order valence-electron chi connectivity index (χ0n) is 25.2. The Morgan fingerprint density at radius 1 is 0.932 bits per heavy atom. The number of aromatic nitrogens is 3. The third-order valence-electron chi connectivity index (χ3n) is 7.35. The van der Waals surface area contributed by atoms with Crippen molar-refractivity contribution in [2.45, 2.75) is 31.1 Å². The Bertz CT molecular complexity index is 1670. The molecule has 0 aliphatic carbocycles. The van der Waals surface area contributed by atoms with E-state index in [0.29, 0.717) is 34.5 Å². The summed E-state index contributed by atoms with van der Waals surface area (Å²) in [4.78, 5) is 26.3. The number of carbonyl (C=O) groups is 2. The Hall–Kier alpha value is -4.84. The molecule has 1 aliphatic rings. The van der Waals surface area contributed by atoms with Crippen molar-refractivity contribution in [2.24, 2.45) is 12.1 Å². The summed E-state index contributed by atoms with van der Waals surface area (Å²) in [5, 5.41) is 18.2. The van der Waals surface area contributed by atoms with Crippen molar-refractivity contribution in [3.63, 3.8) is 0 Å². The van der Waals surface area contributed by atoms with Crippen LogP contribution in [0.1, 0.15) is 45.3 Å². The highest BCUT2D eigenvalue weighted by molar-refractivity contribution is 7.99. The van der Waals surface area contributed by atoms with E-state index in [-0.39, 0.29) is 30.2 Å². The first-order valence-corrected chi connectivity index (χ1v) is 14.9. The molecule has 11 nitrogen and oxygen atoms in total. The highest BCUT2D eigenvalue weighted by Gasteiger charge is 2.33. The van der Waals surface area contributed by atoms with Crippen molar-refractivity contribution in [3.8, 4) is 17.2 Å². The fourth-order valence-electron chi connectivity index (χ4n) is 4.80. The summed E-state index contributed by atoms with van der Waals surface area (Å²) in [6, 6.07) is 20.6. The number of benzene rings is 3. The van der Waals surface area contributed by atoms with Crippen LogP contribution in [-0.4, -0.2) is 64.4 Å². The van der Waals surface area contributed by atoms with Crippen molar-refractivity contribution >= 4 is 29.3 Å². The lowest BCUT2D eigenvalue weighted by atomic mass is 9.97. The number of hydrazone groups is 1. The Morgan fingerprint density at radius 3 is 2.34 bits per heavy atom. The van der Waals surface area contributed by atoms with Crippen LogP contribution in [0.5, 0.6) is 17.2 Å². The zero-order valence-corrected chi connectivity index (χ0v) is 26.1. The first-order valence-electron chi connectivity index (χ1n) is 13.9. The SMILES string of the molecule is COc1ccc(C2=NN(C(=O)CSc3nnc(CNC(=O)c4ccc(OC)c(OC)c4)n3C)[C@@H](c3ccc(C)cc3)C2)cc1. The van der Waals surface area contributed by atoms with Gasteiger partial charge in [-0.05, 0) is 60.5 Å². The second kappa shape index (κ2) is 13.6. The predicted octanol–water partition coefficient (Wildman–Crippen LogP) is 4.55. The molecule has 0 saturated heterocycles. The Balaban J connectivity index is 1.25. The smallest absolute Gasteiger partial charge is 0.253 e. The van der Waals surface area contributed by atoms with Crippen molar-refractivity contribution in [1.29, 1.82) is 0 Å². The minimum Gasteiger partial charge on any atom is -0.497 e. The number of hydrogen-bond donors (Lipinski definition) is 1. The maximum atomic E-state index is 13.6. The zero-order chi connectivity index (χ0) is 31.2. The number of nitrogens with zero attached hydrogens (tertiary/aromatic N) is 5. The molecule has 5 rings (SSSR count). The summed E-state index contributed by atoms with van der Waals surface area (Å²) in [7, 11) is 6.48. The minimum atomic E-state index is -0.292. The molecular formula is C32H34N6O5S. The van der Waals surface area contributed by atoms with E-state index in [1.165, 1.54) is 26.0 Å². The van der Waals surface area contributed by atoms with Crippen LogP contribution >= 0.6 is 11.8 Å². The molecule has 4 aromatic rings. The summed E-state index contributed by atoms with van der Waals surface area (Å²) in [5.74, 6) is 1.99. The van der Waals surface area contributed by atoms with Crippen molar-refractivity contribution in [2.75, 3.05) is 27.1 Å². The molecule has 0 spiro atoms. The van der Waals surface area contributed by atoms with Crippen LogP contribution in [0.25, 0.3) is 0 Å². The summed E-state index contributed by atoms with van der Waals surface area (Å²) in [6.45, 7) is 2.19. The molecule has 12 heteroatoms. The second-order valence-electron chi connectivity index (χ2n) is 10.1. The van der Waals surface area contributed by atoms with Gasteiger partial charge in [0.05, 0.1) is 45.4 Å². The first kappa shape index (κ1) is 30.6. The maximum absolute atomic E-state index is 13.6. The van der Waals surface area contributed by atoms with E-state index in [9.17, 15) is 9.59 Å². The predicted molar refractivity (Wildman–Crippen MR) is 167 cm³/mol. The largest absolute Gasteiger partial charge is 0.497 e. The van der Waals surface area contributed by atoms with Crippen LogP contribution in [-0.2, 0) is 18.4 Å². The maximum Gasteiger partial charge on any atom is 0.253 e. The molecule has 1 atom stereocenters. The van der Waals surface area contributed by atoms with E-state index in [1.807, 2.05) is 55.5 Å². The van der Waals surface area contributed by atoms with Gasteiger partial charge < -0.3 is 24.1 Å². The van der Waals surface area contributed by atoms with Gasteiger partial charge in [-0.2, -0.15) is 5.10 Å². The number of hydrogen-bond acceptors (Lipinski definition) is 9. The van der Waals surface area contributed by atoms with Gasteiger partial charge in [-0.3, -0.25) is 9.59 Å². The summed E-state index contributed by atoms with van der Waals surface area (Å²) < 4.78 is 17.6. The third kappa shape index (κ3) is 6.70. The fraction of sp³-hybridized carbons (Fsp3) is 0.281. The number of thioether (sulfide) groups is 1. The molecule has 1 aromatic heterocycles. The Morgan fingerprint density at radius 2 is 1.66 bits per heavy atom. The number of rotatable bonds is 11. The van der Waals surface area contributed by atoms with Crippen LogP contribution in [0.3, 0.4) is 0 Å². The summed E-state index contributed by atoms with van der Waals surface area (Å²) in [5.41, 5.74) is 4.37. The van der Waals surface area contributed by atoms with E-state index < -0.39 is 0 Å². The van der Waals surface area contributed by atoms with E-state index in [0.717, 1.165) is 28.2 Å². The van der Waals surface area contributed by atoms with Gasteiger partial charge in [0.2, 0.25) is 0 Å². The van der Waals surface area contributed by atoms with E-state index >= 15 is 0 Å². The van der Waals surface area contributed by atoms with Crippen molar-refractivity contribution < 1.29 is 23.8 Å². The number of carbonyl (C=O) groups excluding carboxylic acids is 2. The van der Waals surface area contributed by atoms with Crippen LogP contribution in [0, 0.1) is 6.92 Å². The highest BCUT2D eigenvalue weighted by atomic mass is 32.2. The number of ether oxygens (including phenoxy) is 3. The van der Waals surface area contributed by atoms with Crippen LogP contribution < -0.4 is 19.5 Å². The molecule has 0 fully saturated rings. The van der Waals surface area contributed by atoms with E-state index in [4.69, 9.17) is 19.3 Å². The minimum absolute atomic E-state index is 0.117. The lowest BCUT2D eigenvalue weighted by Gasteiger charge is -2.22. The van der Waals surface area contributed by atoms with Crippen LogP contribution in [0.2, 0.25) is 0 Å². The molecule has 2 heterocycles. The molecule has 1 aliphatic heterocycles. The van der Waals surface area contributed by atoms with Crippen molar-refractivity contribution in [1.82, 2.24) is 25.1 Å². The quantitative estimate of drug-likeness (QED) is 0.245. The summed E-state index contributed by atoms with van der Waals surface area (Å²) >= 11 is 1.27. The Kier molecular flexibility index (Phi) is 9.49. The number of methoxy groups -OCH3 is 3.